The number of ether oxygens (including phenoxy) is 1. The molecule has 1 atom stereocenters. The van der Waals surface area contributed by atoms with E-state index < -0.39 is 23.6 Å². The van der Waals surface area contributed by atoms with Gasteiger partial charge in [0.25, 0.3) is 0 Å². The van der Waals surface area contributed by atoms with E-state index in [-0.39, 0.29) is 13.0 Å². The highest BCUT2D eigenvalue weighted by atomic mass is 16.6. The maximum Gasteiger partial charge on any atom is 0.377 e. The van der Waals surface area contributed by atoms with E-state index in [9.17, 15) is 4.79 Å². The van der Waals surface area contributed by atoms with Gasteiger partial charge in [-0.1, -0.05) is 13.8 Å². The quantitative estimate of drug-likeness (QED) is 0.556. The highest BCUT2D eigenvalue weighted by Gasteiger charge is 2.33. The summed E-state index contributed by atoms with van der Waals surface area (Å²) < 4.78 is 4.45. The lowest BCUT2D eigenvalue weighted by molar-refractivity contribution is -0.142. The monoisotopic (exact) mass is 190 g/mol. The number of hydrogen-bond donors (Lipinski definition) is 3. The third-order valence-corrected chi connectivity index (χ3v) is 1.38. The summed E-state index contributed by atoms with van der Waals surface area (Å²) in [7, 11) is 0. The summed E-state index contributed by atoms with van der Waals surface area (Å²) in [6.07, 6.45) is -0.783. The normalized spacial score (nSPS) is 20.8. The Hall–Kier alpha value is -1.23. The summed E-state index contributed by atoms with van der Waals surface area (Å²) >= 11 is 0. The molecule has 0 radical (unpaired) electrons. The highest BCUT2D eigenvalue weighted by Crippen LogP contribution is 2.20. The number of rotatable bonds is 2. The van der Waals surface area contributed by atoms with Crippen molar-refractivity contribution in [3.8, 4) is 0 Å². The topological polar surface area (TPSA) is 87.0 Å². The lowest BCUT2D eigenvalue weighted by atomic mass is 10.2. The first-order valence-corrected chi connectivity index (χ1v) is 4.10. The highest BCUT2D eigenvalue weighted by molar-refractivity contribution is 5.88. The fourth-order valence-electron chi connectivity index (χ4n) is 0.811. The summed E-state index contributed by atoms with van der Waals surface area (Å²) in [6.45, 7) is 3.79. The van der Waals surface area contributed by atoms with Crippen LogP contribution in [0.1, 0.15) is 20.3 Å². The van der Waals surface area contributed by atoms with Crippen molar-refractivity contribution in [2.24, 2.45) is 0 Å². The molecule has 13 heavy (non-hydrogen) atoms. The van der Waals surface area contributed by atoms with Gasteiger partial charge in [0.05, 0.1) is 0 Å². The second kappa shape index (κ2) is 5.42. The van der Waals surface area contributed by atoms with E-state index >= 15 is 0 Å². The SMILES string of the molecule is CC.O=C1O[C@H](CCO)C(O)=C1O. The van der Waals surface area contributed by atoms with Gasteiger partial charge in [-0.05, 0) is 0 Å². The Labute approximate surface area is 76.3 Å². The maximum absolute atomic E-state index is 10.5. The molecule has 0 bridgehead atoms. The molecule has 0 amide bonds. The van der Waals surface area contributed by atoms with E-state index in [4.69, 9.17) is 15.3 Å². The van der Waals surface area contributed by atoms with E-state index in [0.717, 1.165) is 0 Å². The molecule has 0 fully saturated rings. The Bertz CT molecular complexity index is 209. The molecule has 0 saturated heterocycles. The Morgan fingerprint density at radius 2 is 1.92 bits per heavy atom. The average molecular weight is 190 g/mol. The van der Waals surface area contributed by atoms with Crippen molar-refractivity contribution in [2.75, 3.05) is 6.61 Å². The molecule has 3 N–H and O–H groups in total. The van der Waals surface area contributed by atoms with Crippen molar-refractivity contribution in [2.45, 2.75) is 26.4 Å². The Morgan fingerprint density at radius 3 is 2.23 bits per heavy atom. The van der Waals surface area contributed by atoms with Crippen LogP contribution >= 0.6 is 0 Å². The van der Waals surface area contributed by atoms with Crippen LogP contribution < -0.4 is 0 Å². The average Bonchev–Trinajstić information content (AvgIpc) is 2.38. The molecule has 1 rings (SSSR count). The van der Waals surface area contributed by atoms with Crippen LogP contribution in [0.2, 0.25) is 0 Å². The molecule has 1 heterocycles. The third-order valence-electron chi connectivity index (χ3n) is 1.38. The number of carbonyl (C=O) groups is 1. The molecule has 1 aliphatic heterocycles. The number of hydrogen-bond acceptors (Lipinski definition) is 5. The molecule has 1 aliphatic rings. The lowest BCUT2D eigenvalue weighted by Gasteiger charge is -2.05. The number of carbonyl (C=O) groups excluding carboxylic acids is 1. The van der Waals surface area contributed by atoms with Gasteiger partial charge in [0.15, 0.2) is 11.9 Å². The fraction of sp³-hybridized carbons (Fsp3) is 0.625. The van der Waals surface area contributed by atoms with Crippen LogP contribution in [0.5, 0.6) is 0 Å². The molecule has 0 saturated carbocycles. The molecule has 5 heteroatoms. The summed E-state index contributed by atoms with van der Waals surface area (Å²) in [5.41, 5.74) is 0. The van der Waals surface area contributed by atoms with Crippen LogP contribution in [-0.2, 0) is 9.53 Å². The van der Waals surface area contributed by atoms with Gasteiger partial charge in [0, 0.05) is 13.0 Å². The number of aliphatic hydroxyl groups excluding tert-OH is 3. The molecule has 0 aromatic rings. The summed E-state index contributed by atoms with van der Waals surface area (Å²) in [4.78, 5) is 10.5. The summed E-state index contributed by atoms with van der Waals surface area (Å²) in [5.74, 6) is -2.20. The zero-order valence-electron chi connectivity index (χ0n) is 7.65. The standard InChI is InChI=1S/C6H8O5.C2H6/c7-2-1-3-4(8)5(9)6(10)11-3;1-2/h3,7-9H,1-2H2;1-2H3/t3-;/m1./s1. The zero-order chi connectivity index (χ0) is 10.4. The van der Waals surface area contributed by atoms with Crippen molar-refractivity contribution in [3.05, 3.63) is 11.5 Å². The zero-order valence-corrected chi connectivity index (χ0v) is 7.65. The van der Waals surface area contributed by atoms with Crippen LogP contribution in [0.15, 0.2) is 11.5 Å². The van der Waals surface area contributed by atoms with E-state index in [2.05, 4.69) is 4.74 Å². The predicted octanol–water partition coefficient (Wildman–Crippen LogP) is 0.648. The maximum atomic E-state index is 10.5. The minimum absolute atomic E-state index is 0.0988. The van der Waals surface area contributed by atoms with Crippen LogP contribution in [0.4, 0.5) is 0 Å². The van der Waals surface area contributed by atoms with Gasteiger partial charge in [-0.2, -0.15) is 0 Å². The van der Waals surface area contributed by atoms with Gasteiger partial charge in [-0.15, -0.1) is 0 Å². The summed E-state index contributed by atoms with van der Waals surface area (Å²) in [5, 5.41) is 26.1. The first-order chi connectivity index (χ1) is 6.16. The minimum Gasteiger partial charge on any atom is -0.505 e. The van der Waals surface area contributed by atoms with Gasteiger partial charge in [-0.25, -0.2) is 4.79 Å². The van der Waals surface area contributed by atoms with Gasteiger partial charge in [-0.3, -0.25) is 0 Å². The van der Waals surface area contributed by atoms with E-state index in [1.807, 2.05) is 13.8 Å². The van der Waals surface area contributed by atoms with Crippen LogP contribution in [0, 0.1) is 0 Å². The molecule has 0 aliphatic carbocycles. The Balaban J connectivity index is 0.000000671. The molecular formula is C8H14O5. The van der Waals surface area contributed by atoms with Crippen molar-refractivity contribution in [1.29, 1.82) is 0 Å². The van der Waals surface area contributed by atoms with Gasteiger partial charge >= 0.3 is 5.97 Å². The lowest BCUT2D eigenvalue weighted by Crippen LogP contribution is -2.13. The largest absolute Gasteiger partial charge is 0.505 e. The minimum atomic E-state index is -0.944. The third kappa shape index (κ3) is 2.62. The smallest absolute Gasteiger partial charge is 0.377 e. The van der Waals surface area contributed by atoms with Gasteiger partial charge < -0.3 is 20.1 Å². The second-order valence-corrected chi connectivity index (χ2v) is 2.14. The molecule has 5 nitrogen and oxygen atoms in total. The fourth-order valence-corrected chi connectivity index (χ4v) is 0.811. The van der Waals surface area contributed by atoms with Crippen LogP contribution in [0.3, 0.4) is 0 Å². The van der Waals surface area contributed by atoms with Crippen molar-refractivity contribution in [3.63, 3.8) is 0 Å². The first-order valence-electron chi connectivity index (χ1n) is 4.10. The summed E-state index contributed by atoms with van der Waals surface area (Å²) in [6, 6.07) is 0. The predicted molar refractivity (Wildman–Crippen MR) is 45.2 cm³/mol. The molecular weight excluding hydrogens is 176 g/mol. The van der Waals surface area contributed by atoms with E-state index in [1.165, 1.54) is 0 Å². The Morgan fingerprint density at radius 1 is 1.38 bits per heavy atom. The van der Waals surface area contributed by atoms with Crippen molar-refractivity contribution < 1.29 is 24.9 Å². The molecule has 0 aromatic heterocycles. The van der Waals surface area contributed by atoms with Crippen LogP contribution in [0.25, 0.3) is 0 Å². The number of cyclic esters (lactones) is 1. The Kier molecular flexibility index (Phi) is 4.91. The first kappa shape index (κ1) is 11.8. The number of esters is 1. The van der Waals surface area contributed by atoms with Crippen LogP contribution in [-0.4, -0.2) is 34.0 Å². The molecule has 0 unspecified atom stereocenters. The van der Waals surface area contributed by atoms with E-state index in [1.54, 1.807) is 0 Å². The molecule has 76 valence electrons. The number of aliphatic hydroxyl groups is 3. The van der Waals surface area contributed by atoms with E-state index in [0.29, 0.717) is 0 Å². The van der Waals surface area contributed by atoms with Gasteiger partial charge in [0.1, 0.15) is 0 Å². The van der Waals surface area contributed by atoms with Gasteiger partial charge in [0.2, 0.25) is 5.76 Å². The molecule has 0 spiro atoms. The van der Waals surface area contributed by atoms with Crippen molar-refractivity contribution in [1.82, 2.24) is 0 Å². The van der Waals surface area contributed by atoms with Crippen molar-refractivity contribution >= 4 is 5.97 Å². The second-order valence-electron chi connectivity index (χ2n) is 2.14. The molecule has 0 aromatic carbocycles.